The Morgan fingerprint density at radius 2 is 0.941 bits per heavy atom. The number of rotatable bonds is 6. The maximum Gasteiger partial charge on any atom is 0.189 e. The van der Waals surface area contributed by atoms with Crippen LogP contribution in [0.25, 0.3) is 48.3 Å². The number of benzene rings is 8. The van der Waals surface area contributed by atoms with Gasteiger partial charge >= 0.3 is 0 Å². The minimum atomic E-state index is 0.596. The van der Waals surface area contributed by atoms with Crippen molar-refractivity contribution in [3.05, 3.63) is 187 Å². The molecule has 0 aliphatic carbocycles. The average molecular weight is 653 g/mol. The van der Waals surface area contributed by atoms with Crippen LogP contribution >= 0.6 is 0 Å². The van der Waals surface area contributed by atoms with Gasteiger partial charge in [-0.25, -0.2) is 4.85 Å². The molecule has 8 aromatic carbocycles. The standard InChI is InChI=1S/C46H28N4O/c1-48-36-11-9-17-40(29-36)50(38-14-6-3-7-15-38)42-21-19-33-26-44-43-25-32-18-20-41(23-34(32)27-45(43)51-46(44)28-35(33)24-42)49(37-12-4-2-5-13-37)39-16-8-10-31(22-39)30-47/h2-29H. The van der Waals surface area contributed by atoms with Gasteiger partial charge < -0.3 is 14.2 Å². The summed E-state index contributed by atoms with van der Waals surface area (Å²) in [6, 6.07) is 59.7. The van der Waals surface area contributed by atoms with Gasteiger partial charge in [-0.3, -0.25) is 0 Å². The van der Waals surface area contributed by atoms with Gasteiger partial charge in [-0.1, -0.05) is 66.7 Å². The van der Waals surface area contributed by atoms with Gasteiger partial charge in [-0.05, 0) is 125 Å². The molecule has 238 valence electrons. The smallest absolute Gasteiger partial charge is 0.189 e. The van der Waals surface area contributed by atoms with Crippen LogP contribution in [-0.4, -0.2) is 0 Å². The molecule has 51 heavy (non-hydrogen) atoms. The minimum Gasteiger partial charge on any atom is -0.456 e. The first-order valence-corrected chi connectivity index (χ1v) is 16.7. The molecule has 0 bridgehead atoms. The largest absolute Gasteiger partial charge is 0.456 e. The van der Waals surface area contributed by atoms with Crippen molar-refractivity contribution in [2.75, 3.05) is 9.80 Å². The van der Waals surface area contributed by atoms with E-state index in [1.807, 2.05) is 84.9 Å². The van der Waals surface area contributed by atoms with Crippen LogP contribution in [0.4, 0.5) is 39.8 Å². The van der Waals surface area contributed by atoms with Crippen molar-refractivity contribution in [1.29, 1.82) is 5.26 Å². The molecular weight excluding hydrogens is 625 g/mol. The van der Waals surface area contributed by atoms with Crippen molar-refractivity contribution in [1.82, 2.24) is 0 Å². The second-order valence-corrected chi connectivity index (χ2v) is 12.5. The molecule has 0 N–H and O–H groups in total. The van der Waals surface area contributed by atoms with Gasteiger partial charge in [0.2, 0.25) is 0 Å². The van der Waals surface area contributed by atoms with E-state index in [9.17, 15) is 5.26 Å². The maximum atomic E-state index is 9.61. The number of para-hydroxylation sites is 2. The third kappa shape index (κ3) is 5.36. The van der Waals surface area contributed by atoms with Crippen LogP contribution in [-0.2, 0) is 0 Å². The summed E-state index contributed by atoms with van der Waals surface area (Å²) in [7, 11) is 0. The first-order chi connectivity index (χ1) is 25.1. The van der Waals surface area contributed by atoms with Gasteiger partial charge in [0.1, 0.15) is 11.2 Å². The van der Waals surface area contributed by atoms with Crippen molar-refractivity contribution in [2.45, 2.75) is 0 Å². The molecule has 0 amide bonds. The molecule has 9 rings (SSSR count). The van der Waals surface area contributed by atoms with E-state index >= 15 is 0 Å². The zero-order chi connectivity index (χ0) is 34.3. The number of nitriles is 1. The van der Waals surface area contributed by atoms with E-state index in [1.165, 1.54) is 0 Å². The lowest BCUT2D eigenvalue weighted by atomic mass is 10.0. The number of hydrogen-bond acceptors (Lipinski definition) is 4. The minimum absolute atomic E-state index is 0.596. The lowest BCUT2D eigenvalue weighted by Crippen LogP contribution is -2.09. The number of fused-ring (bicyclic) bond motifs is 5. The van der Waals surface area contributed by atoms with Crippen LogP contribution in [0.15, 0.2) is 174 Å². The lowest BCUT2D eigenvalue weighted by Gasteiger charge is -2.26. The van der Waals surface area contributed by atoms with Crippen LogP contribution in [0.1, 0.15) is 5.56 Å². The van der Waals surface area contributed by atoms with Crippen molar-refractivity contribution >= 4 is 83.3 Å². The number of furan rings is 1. The Morgan fingerprint density at radius 3 is 1.47 bits per heavy atom. The molecule has 0 atom stereocenters. The Hall–Kier alpha value is -7.34. The Kier molecular flexibility index (Phi) is 7.17. The molecule has 5 heteroatoms. The summed E-state index contributed by atoms with van der Waals surface area (Å²) in [6.07, 6.45) is 0. The number of hydrogen-bond donors (Lipinski definition) is 0. The van der Waals surface area contributed by atoms with Crippen LogP contribution in [0.2, 0.25) is 0 Å². The molecule has 0 unspecified atom stereocenters. The van der Waals surface area contributed by atoms with Crippen LogP contribution in [0.5, 0.6) is 0 Å². The number of nitrogens with zero attached hydrogens (tertiary/aromatic N) is 4. The van der Waals surface area contributed by atoms with Crippen molar-refractivity contribution in [3.8, 4) is 6.07 Å². The Bertz CT molecular complexity index is 2650. The van der Waals surface area contributed by atoms with Gasteiger partial charge in [0.15, 0.2) is 5.69 Å². The Balaban J connectivity index is 1.16. The summed E-state index contributed by atoms with van der Waals surface area (Å²) >= 11 is 0. The van der Waals surface area contributed by atoms with Gasteiger partial charge in [0, 0.05) is 44.9 Å². The fraction of sp³-hybridized carbons (Fsp3) is 0. The van der Waals surface area contributed by atoms with E-state index in [2.05, 4.69) is 106 Å². The van der Waals surface area contributed by atoms with E-state index < -0.39 is 0 Å². The quantitative estimate of drug-likeness (QED) is 0.168. The second-order valence-electron chi connectivity index (χ2n) is 12.5. The van der Waals surface area contributed by atoms with Gasteiger partial charge in [0.05, 0.1) is 18.2 Å². The Morgan fingerprint density at radius 1 is 0.451 bits per heavy atom. The Labute approximate surface area is 294 Å². The fourth-order valence-electron chi connectivity index (χ4n) is 6.98. The van der Waals surface area contributed by atoms with Crippen LogP contribution in [0.3, 0.4) is 0 Å². The number of anilines is 6. The average Bonchev–Trinajstić information content (AvgIpc) is 3.53. The molecule has 0 fully saturated rings. The zero-order valence-electron chi connectivity index (χ0n) is 27.4. The molecule has 0 saturated carbocycles. The summed E-state index contributed by atoms with van der Waals surface area (Å²) in [5, 5.41) is 16.1. The molecule has 0 saturated heterocycles. The van der Waals surface area contributed by atoms with E-state index in [0.29, 0.717) is 11.3 Å². The summed E-state index contributed by atoms with van der Waals surface area (Å²) < 4.78 is 6.57. The van der Waals surface area contributed by atoms with Crippen molar-refractivity contribution in [3.63, 3.8) is 0 Å². The monoisotopic (exact) mass is 652 g/mol. The van der Waals surface area contributed by atoms with E-state index in [0.717, 1.165) is 77.6 Å². The van der Waals surface area contributed by atoms with E-state index in [1.54, 1.807) is 0 Å². The second kappa shape index (κ2) is 12.3. The summed E-state index contributed by atoms with van der Waals surface area (Å²) in [6.45, 7) is 7.57. The van der Waals surface area contributed by atoms with Crippen molar-refractivity contribution < 1.29 is 4.42 Å². The highest BCUT2D eigenvalue weighted by molar-refractivity contribution is 6.14. The SMILES string of the molecule is [C-]#[N+]c1cccc(N(c2ccccc2)c2ccc3cc4c(cc3c2)oc2cc3cc(N(c5ccccc5)c5cccc(C#N)c5)ccc3cc24)c1. The summed E-state index contributed by atoms with van der Waals surface area (Å²) in [5.41, 5.74) is 8.70. The molecule has 0 spiro atoms. The van der Waals surface area contributed by atoms with Gasteiger partial charge in [0.25, 0.3) is 0 Å². The third-order valence-corrected chi connectivity index (χ3v) is 9.35. The predicted molar refractivity (Wildman–Crippen MR) is 209 cm³/mol. The molecule has 0 aliphatic heterocycles. The summed E-state index contributed by atoms with van der Waals surface area (Å²) in [4.78, 5) is 8.02. The highest BCUT2D eigenvalue weighted by Gasteiger charge is 2.17. The predicted octanol–water partition coefficient (Wildman–Crippen LogP) is 13.3. The molecule has 5 nitrogen and oxygen atoms in total. The first kappa shape index (κ1) is 29.8. The molecule has 0 radical (unpaired) electrons. The highest BCUT2D eigenvalue weighted by Crippen LogP contribution is 2.41. The lowest BCUT2D eigenvalue weighted by molar-refractivity contribution is 0.670. The third-order valence-electron chi connectivity index (χ3n) is 9.35. The van der Waals surface area contributed by atoms with Gasteiger partial charge in [-0.15, -0.1) is 0 Å². The van der Waals surface area contributed by atoms with Crippen molar-refractivity contribution in [2.24, 2.45) is 0 Å². The molecule has 9 aromatic rings. The fourth-order valence-corrected chi connectivity index (χ4v) is 6.98. The van der Waals surface area contributed by atoms with E-state index in [-0.39, 0.29) is 0 Å². The normalized spacial score (nSPS) is 11.1. The molecule has 1 heterocycles. The molecule has 0 aliphatic rings. The maximum absolute atomic E-state index is 9.61. The van der Waals surface area contributed by atoms with Gasteiger partial charge in [-0.2, -0.15) is 5.26 Å². The summed E-state index contributed by atoms with van der Waals surface area (Å²) in [5.74, 6) is 0. The zero-order valence-corrected chi connectivity index (χ0v) is 27.4. The first-order valence-electron chi connectivity index (χ1n) is 16.7. The molecular formula is C46H28N4O. The van der Waals surface area contributed by atoms with E-state index in [4.69, 9.17) is 11.0 Å². The molecule has 1 aromatic heterocycles. The van der Waals surface area contributed by atoms with Crippen LogP contribution < -0.4 is 9.80 Å². The topological polar surface area (TPSA) is 47.8 Å². The van der Waals surface area contributed by atoms with Crippen LogP contribution in [0, 0.1) is 17.9 Å². The highest BCUT2D eigenvalue weighted by atomic mass is 16.3.